The predicted molar refractivity (Wildman–Crippen MR) is 84.2 cm³/mol. The second kappa shape index (κ2) is 5.96. The zero-order chi connectivity index (χ0) is 14.7. The van der Waals surface area contributed by atoms with Gasteiger partial charge < -0.3 is 15.8 Å². The third kappa shape index (κ3) is 3.11. The van der Waals surface area contributed by atoms with E-state index in [1.807, 2.05) is 13.0 Å². The van der Waals surface area contributed by atoms with Crippen LogP contribution in [0, 0.1) is 6.92 Å². The summed E-state index contributed by atoms with van der Waals surface area (Å²) in [5, 5.41) is 2.80. The number of carbonyl (C=O) groups is 1. The Morgan fingerprint density at radius 3 is 2.65 bits per heavy atom. The molecule has 104 valence electrons. The Balaban J connectivity index is 2.27. The van der Waals surface area contributed by atoms with Crippen molar-refractivity contribution in [3.63, 3.8) is 0 Å². The molecular weight excluding hydrogens is 320 g/mol. The lowest BCUT2D eigenvalue weighted by Crippen LogP contribution is -2.13. The fraction of sp³-hybridized carbons (Fsp3) is 0.133. The Labute approximate surface area is 126 Å². The lowest BCUT2D eigenvalue weighted by Gasteiger charge is -2.11. The van der Waals surface area contributed by atoms with Crippen LogP contribution in [-0.2, 0) is 0 Å². The molecule has 0 saturated carbocycles. The monoisotopic (exact) mass is 334 g/mol. The zero-order valence-corrected chi connectivity index (χ0v) is 12.8. The standard InChI is InChI=1S/C15H15BrN2O2/c1-9-3-4-10(7-12(9)16)15(19)18-13-8-11(17)5-6-14(13)20-2/h3-8H,17H2,1-2H3,(H,18,19). The molecule has 0 aliphatic carbocycles. The van der Waals surface area contributed by atoms with Crippen molar-refractivity contribution >= 4 is 33.2 Å². The maximum Gasteiger partial charge on any atom is 0.255 e. The van der Waals surface area contributed by atoms with E-state index in [1.54, 1.807) is 37.4 Å². The topological polar surface area (TPSA) is 64.3 Å². The Hall–Kier alpha value is -2.01. The number of hydrogen-bond acceptors (Lipinski definition) is 3. The Morgan fingerprint density at radius 2 is 2.00 bits per heavy atom. The van der Waals surface area contributed by atoms with Gasteiger partial charge in [0.25, 0.3) is 5.91 Å². The maximum atomic E-state index is 12.2. The normalized spacial score (nSPS) is 10.2. The molecular formula is C15H15BrN2O2. The van der Waals surface area contributed by atoms with Crippen molar-refractivity contribution in [1.29, 1.82) is 0 Å². The van der Waals surface area contributed by atoms with Gasteiger partial charge >= 0.3 is 0 Å². The van der Waals surface area contributed by atoms with E-state index in [4.69, 9.17) is 10.5 Å². The second-order valence-corrected chi connectivity index (χ2v) is 5.23. The molecule has 1 amide bonds. The van der Waals surface area contributed by atoms with E-state index in [2.05, 4.69) is 21.2 Å². The number of nitrogens with two attached hydrogens (primary N) is 1. The number of carbonyl (C=O) groups excluding carboxylic acids is 1. The van der Waals surface area contributed by atoms with Crippen LogP contribution in [0.25, 0.3) is 0 Å². The fourth-order valence-corrected chi connectivity index (χ4v) is 2.13. The summed E-state index contributed by atoms with van der Waals surface area (Å²) >= 11 is 3.41. The van der Waals surface area contributed by atoms with Crippen molar-refractivity contribution in [2.24, 2.45) is 0 Å². The van der Waals surface area contributed by atoms with Gasteiger partial charge in [0.15, 0.2) is 0 Å². The number of rotatable bonds is 3. The van der Waals surface area contributed by atoms with Gasteiger partial charge in [0, 0.05) is 15.7 Å². The maximum absolute atomic E-state index is 12.2. The van der Waals surface area contributed by atoms with Gasteiger partial charge in [-0.1, -0.05) is 22.0 Å². The number of amides is 1. The molecule has 0 bridgehead atoms. The first-order valence-corrected chi connectivity index (χ1v) is 6.81. The SMILES string of the molecule is COc1ccc(N)cc1NC(=O)c1ccc(C)c(Br)c1. The van der Waals surface area contributed by atoms with Gasteiger partial charge in [-0.15, -0.1) is 0 Å². The number of hydrogen-bond donors (Lipinski definition) is 2. The minimum absolute atomic E-state index is 0.213. The average Bonchev–Trinajstić information content (AvgIpc) is 2.42. The molecule has 0 spiro atoms. The van der Waals surface area contributed by atoms with Crippen molar-refractivity contribution < 1.29 is 9.53 Å². The van der Waals surface area contributed by atoms with E-state index in [-0.39, 0.29) is 5.91 Å². The average molecular weight is 335 g/mol. The van der Waals surface area contributed by atoms with Gasteiger partial charge in [-0.05, 0) is 42.8 Å². The Morgan fingerprint density at radius 1 is 1.25 bits per heavy atom. The van der Waals surface area contributed by atoms with Crippen molar-refractivity contribution in [2.75, 3.05) is 18.2 Å². The van der Waals surface area contributed by atoms with Crippen LogP contribution in [0.15, 0.2) is 40.9 Å². The van der Waals surface area contributed by atoms with Crippen LogP contribution >= 0.6 is 15.9 Å². The molecule has 2 aromatic rings. The van der Waals surface area contributed by atoms with Crippen LogP contribution < -0.4 is 15.8 Å². The van der Waals surface area contributed by atoms with Crippen molar-refractivity contribution in [1.82, 2.24) is 0 Å². The van der Waals surface area contributed by atoms with Gasteiger partial charge in [0.05, 0.1) is 12.8 Å². The molecule has 0 atom stereocenters. The highest BCUT2D eigenvalue weighted by atomic mass is 79.9. The van der Waals surface area contributed by atoms with Crippen molar-refractivity contribution in [3.05, 3.63) is 52.0 Å². The van der Waals surface area contributed by atoms with E-state index in [9.17, 15) is 4.79 Å². The summed E-state index contributed by atoms with van der Waals surface area (Å²) in [5.41, 5.74) is 8.47. The Bertz CT molecular complexity index is 656. The number of methoxy groups -OCH3 is 1. The molecule has 0 aliphatic rings. The molecule has 0 fully saturated rings. The summed E-state index contributed by atoms with van der Waals surface area (Å²) in [4.78, 5) is 12.2. The summed E-state index contributed by atoms with van der Waals surface area (Å²) in [5.74, 6) is 0.355. The van der Waals surface area contributed by atoms with Gasteiger partial charge in [0.2, 0.25) is 0 Å². The van der Waals surface area contributed by atoms with E-state index >= 15 is 0 Å². The number of ether oxygens (including phenoxy) is 1. The van der Waals surface area contributed by atoms with E-state index in [0.29, 0.717) is 22.7 Å². The van der Waals surface area contributed by atoms with E-state index < -0.39 is 0 Å². The summed E-state index contributed by atoms with van der Waals surface area (Å²) in [6, 6.07) is 10.5. The molecule has 0 heterocycles. The molecule has 0 saturated heterocycles. The molecule has 0 aromatic heterocycles. The van der Waals surface area contributed by atoms with E-state index in [1.165, 1.54) is 0 Å². The molecule has 0 unspecified atom stereocenters. The Kier molecular flexibility index (Phi) is 4.29. The molecule has 0 radical (unpaired) electrons. The first kappa shape index (κ1) is 14.4. The molecule has 20 heavy (non-hydrogen) atoms. The number of halogens is 1. The number of benzene rings is 2. The largest absolute Gasteiger partial charge is 0.495 e. The molecule has 2 aromatic carbocycles. The highest BCUT2D eigenvalue weighted by Gasteiger charge is 2.11. The highest BCUT2D eigenvalue weighted by Crippen LogP contribution is 2.27. The highest BCUT2D eigenvalue weighted by molar-refractivity contribution is 9.10. The zero-order valence-electron chi connectivity index (χ0n) is 11.2. The number of nitrogens with one attached hydrogen (secondary N) is 1. The summed E-state index contributed by atoms with van der Waals surface area (Å²) < 4.78 is 6.09. The van der Waals surface area contributed by atoms with Crippen molar-refractivity contribution in [3.8, 4) is 5.75 Å². The summed E-state index contributed by atoms with van der Waals surface area (Å²) in [6.45, 7) is 1.96. The van der Waals surface area contributed by atoms with Crippen LogP contribution in [0.5, 0.6) is 5.75 Å². The fourth-order valence-electron chi connectivity index (χ4n) is 1.75. The number of anilines is 2. The van der Waals surface area contributed by atoms with Crippen LogP contribution in [0.4, 0.5) is 11.4 Å². The van der Waals surface area contributed by atoms with Crippen LogP contribution in [-0.4, -0.2) is 13.0 Å². The summed E-state index contributed by atoms with van der Waals surface area (Å²) in [7, 11) is 1.55. The van der Waals surface area contributed by atoms with Gasteiger partial charge in [-0.3, -0.25) is 4.79 Å². The molecule has 3 N–H and O–H groups in total. The van der Waals surface area contributed by atoms with E-state index in [0.717, 1.165) is 10.0 Å². The lowest BCUT2D eigenvalue weighted by molar-refractivity contribution is 0.102. The number of aryl methyl sites for hydroxylation is 1. The first-order chi connectivity index (χ1) is 9.51. The smallest absolute Gasteiger partial charge is 0.255 e. The quantitative estimate of drug-likeness (QED) is 0.843. The molecule has 4 nitrogen and oxygen atoms in total. The minimum Gasteiger partial charge on any atom is -0.495 e. The van der Waals surface area contributed by atoms with Gasteiger partial charge in [0.1, 0.15) is 5.75 Å². The predicted octanol–water partition coefficient (Wildman–Crippen LogP) is 3.60. The van der Waals surface area contributed by atoms with Gasteiger partial charge in [-0.2, -0.15) is 0 Å². The summed E-state index contributed by atoms with van der Waals surface area (Å²) in [6.07, 6.45) is 0. The van der Waals surface area contributed by atoms with Crippen LogP contribution in [0.1, 0.15) is 15.9 Å². The third-order valence-electron chi connectivity index (χ3n) is 2.91. The molecule has 2 rings (SSSR count). The number of nitrogen functional groups attached to an aromatic ring is 1. The van der Waals surface area contributed by atoms with Crippen LogP contribution in [0.3, 0.4) is 0 Å². The first-order valence-electron chi connectivity index (χ1n) is 6.02. The van der Waals surface area contributed by atoms with Crippen LogP contribution in [0.2, 0.25) is 0 Å². The minimum atomic E-state index is -0.213. The van der Waals surface area contributed by atoms with Crippen molar-refractivity contribution in [2.45, 2.75) is 6.92 Å². The second-order valence-electron chi connectivity index (χ2n) is 4.38. The lowest BCUT2D eigenvalue weighted by atomic mass is 10.1. The molecule has 0 aliphatic heterocycles. The molecule has 5 heteroatoms. The van der Waals surface area contributed by atoms with Gasteiger partial charge in [-0.25, -0.2) is 0 Å². The third-order valence-corrected chi connectivity index (χ3v) is 3.76.